The van der Waals surface area contributed by atoms with Gasteiger partial charge in [0.2, 0.25) is 0 Å². The van der Waals surface area contributed by atoms with Crippen LogP contribution in [0.4, 0.5) is 30.7 Å². The minimum absolute atomic E-state index is 0.00299. The Bertz CT molecular complexity index is 1500. The normalized spacial score (nSPS) is 10.9. The standard InChI is InChI=1S/C29H19F7O/c1-2-3-4-9-37-19-14-24(32)27(25(33)15-19)18-12-22(30)21(23(31)13-18)8-6-16-5-7-20-17(10-16)11-26(34)29(36)28(20)35/h5,7,10-15H,2-4,9H2,1H3. The quantitative estimate of drug-likeness (QED) is 0.108. The van der Waals surface area contributed by atoms with Gasteiger partial charge in [-0.3, -0.25) is 0 Å². The summed E-state index contributed by atoms with van der Waals surface area (Å²) in [6, 6.07) is 7.85. The first-order valence-electron chi connectivity index (χ1n) is 11.4. The van der Waals surface area contributed by atoms with Gasteiger partial charge in [-0.15, -0.1) is 0 Å². The van der Waals surface area contributed by atoms with Gasteiger partial charge in [0, 0.05) is 23.1 Å². The lowest BCUT2D eigenvalue weighted by molar-refractivity contribution is 0.303. The maximum Gasteiger partial charge on any atom is 0.195 e. The zero-order chi connectivity index (χ0) is 26.7. The predicted octanol–water partition coefficient (Wildman–Crippen LogP) is 8.45. The zero-order valence-corrected chi connectivity index (χ0v) is 19.5. The number of halogens is 7. The van der Waals surface area contributed by atoms with Crippen molar-refractivity contribution < 1.29 is 35.5 Å². The summed E-state index contributed by atoms with van der Waals surface area (Å²) in [6.07, 6.45) is 2.56. The molecule has 0 saturated carbocycles. The summed E-state index contributed by atoms with van der Waals surface area (Å²) >= 11 is 0. The van der Waals surface area contributed by atoms with Crippen molar-refractivity contribution in [3.8, 4) is 28.7 Å². The average Bonchev–Trinajstić information content (AvgIpc) is 2.84. The van der Waals surface area contributed by atoms with Crippen LogP contribution in [0, 0.1) is 52.6 Å². The predicted molar refractivity (Wildman–Crippen MR) is 127 cm³/mol. The molecule has 0 aliphatic carbocycles. The van der Waals surface area contributed by atoms with E-state index >= 15 is 0 Å². The van der Waals surface area contributed by atoms with E-state index in [0.717, 1.165) is 49.2 Å². The van der Waals surface area contributed by atoms with Crippen LogP contribution >= 0.6 is 0 Å². The Morgan fingerprint density at radius 1 is 0.676 bits per heavy atom. The van der Waals surface area contributed by atoms with E-state index in [1.165, 1.54) is 12.1 Å². The van der Waals surface area contributed by atoms with Crippen LogP contribution in [0.15, 0.2) is 48.5 Å². The average molecular weight is 516 g/mol. The van der Waals surface area contributed by atoms with Gasteiger partial charge >= 0.3 is 0 Å². The van der Waals surface area contributed by atoms with Gasteiger partial charge in [0.1, 0.15) is 29.0 Å². The summed E-state index contributed by atoms with van der Waals surface area (Å²) in [7, 11) is 0. The van der Waals surface area contributed by atoms with Gasteiger partial charge in [-0.2, -0.15) is 0 Å². The molecule has 4 aromatic carbocycles. The third-order valence-corrected chi connectivity index (χ3v) is 5.67. The van der Waals surface area contributed by atoms with Gasteiger partial charge in [-0.1, -0.05) is 37.7 Å². The fourth-order valence-corrected chi connectivity index (χ4v) is 3.81. The van der Waals surface area contributed by atoms with E-state index in [9.17, 15) is 30.7 Å². The number of rotatable bonds is 6. The molecule has 37 heavy (non-hydrogen) atoms. The Balaban J connectivity index is 1.63. The van der Waals surface area contributed by atoms with Gasteiger partial charge in [0.15, 0.2) is 17.5 Å². The topological polar surface area (TPSA) is 9.23 Å². The monoisotopic (exact) mass is 516 g/mol. The van der Waals surface area contributed by atoms with Crippen LogP contribution in [0.3, 0.4) is 0 Å². The Morgan fingerprint density at radius 3 is 2.00 bits per heavy atom. The number of hydrogen-bond acceptors (Lipinski definition) is 1. The molecule has 0 unspecified atom stereocenters. The summed E-state index contributed by atoms with van der Waals surface area (Å²) < 4.78 is 105. The molecule has 0 fully saturated rings. The van der Waals surface area contributed by atoms with Crippen LogP contribution in [-0.2, 0) is 0 Å². The molecule has 190 valence electrons. The van der Waals surface area contributed by atoms with Gasteiger partial charge in [0.25, 0.3) is 0 Å². The molecule has 0 radical (unpaired) electrons. The van der Waals surface area contributed by atoms with Crippen LogP contribution in [0.2, 0.25) is 0 Å². The molecular weight excluding hydrogens is 497 g/mol. The molecule has 0 saturated heterocycles. The summed E-state index contributed by atoms with van der Waals surface area (Å²) in [6.45, 7) is 2.28. The van der Waals surface area contributed by atoms with E-state index in [1.54, 1.807) is 0 Å². The van der Waals surface area contributed by atoms with Crippen LogP contribution in [-0.4, -0.2) is 6.61 Å². The maximum atomic E-state index is 14.7. The van der Waals surface area contributed by atoms with Crippen molar-refractivity contribution in [3.63, 3.8) is 0 Å². The molecule has 0 atom stereocenters. The maximum absolute atomic E-state index is 14.7. The van der Waals surface area contributed by atoms with Crippen LogP contribution < -0.4 is 4.74 Å². The van der Waals surface area contributed by atoms with Crippen LogP contribution in [0.5, 0.6) is 5.75 Å². The van der Waals surface area contributed by atoms with Crippen molar-refractivity contribution in [1.82, 2.24) is 0 Å². The molecule has 0 aromatic heterocycles. The summed E-state index contributed by atoms with van der Waals surface area (Å²) in [5.74, 6) is -4.06. The molecule has 1 nitrogen and oxygen atoms in total. The molecule has 0 aliphatic rings. The summed E-state index contributed by atoms with van der Waals surface area (Å²) in [5, 5.41) is -0.184. The minimum Gasteiger partial charge on any atom is -0.493 e. The lowest BCUT2D eigenvalue weighted by atomic mass is 10.0. The van der Waals surface area contributed by atoms with Crippen molar-refractivity contribution in [2.24, 2.45) is 0 Å². The molecular formula is C29H19F7O. The number of hydrogen-bond donors (Lipinski definition) is 0. The first-order chi connectivity index (χ1) is 17.7. The third-order valence-electron chi connectivity index (χ3n) is 5.67. The van der Waals surface area contributed by atoms with Crippen LogP contribution in [0.1, 0.15) is 37.3 Å². The van der Waals surface area contributed by atoms with Crippen molar-refractivity contribution in [2.75, 3.05) is 6.61 Å². The highest BCUT2D eigenvalue weighted by Gasteiger charge is 2.18. The van der Waals surface area contributed by atoms with Gasteiger partial charge in [0.05, 0.1) is 17.7 Å². The van der Waals surface area contributed by atoms with Crippen LogP contribution in [0.25, 0.3) is 21.9 Å². The summed E-state index contributed by atoms with van der Waals surface area (Å²) in [5.41, 5.74) is -1.51. The SMILES string of the molecule is CCCCCOc1cc(F)c(-c2cc(F)c(C#Cc3ccc4c(F)c(F)c(F)cc4c3)c(F)c2)c(F)c1. The van der Waals surface area contributed by atoms with E-state index in [1.807, 2.05) is 6.92 Å². The Kier molecular flexibility index (Phi) is 7.72. The first-order valence-corrected chi connectivity index (χ1v) is 11.4. The highest BCUT2D eigenvalue weighted by Crippen LogP contribution is 2.32. The Morgan fingerprint density at radius 2 is 1.35 bits per heavy atom. The molecule has 0 spiro atoms. The van der Waals surface area contributed by atoms with Gasteiger partial charge < -0.3 is 4.74 Å². The minimum atomic E-state index is -1.61. The Labute approximate surface area is 208 Å². The molecule has 4 aromatic rings. The van der Waals surface area contributed by atoms with Crippen molar-refractivity contribution in [3.05, 3.63) is 100 Å². The molecule has 4 rings (SSSR count). The van der Waals surface area contributed by atoms with E-state index in [-0.39, 0.29) is 34.3 Å². The molecule has 0 amide bonds. The molecule has 8 heteroatoms. The largest absolute Gasteiger partial charge is 0.493 e. The fourth-order valence-electron chi connectivity index (χ4n) is 3.81. The lowest BCUT2D eigenvalue weighted by Gasteiger charge is -2.11. The van der Waals surface area contributed by atoms with E-state index in [0.29, 0.717) is 6.42 Å². The lowest BCUT2D eigenvalue weighted by Crippen LogP contribution is -2.00. The highest BCUT2D eigenvalue weighted by molar-refractivity contribution is 5.84. The van der Waals surface area contributed by atoms with Crippen molar-refractivity contribution in [2.45, 2.75) is 26.2 Å². The first kappa shape index (κ1) is 26.1. The number of ether oxygens (including phenoxy) is 1. The molecule has 0 bridgehead atoms. The van der Waals surface area contributed by atoms with E-state index in [4.69, 9.17) is 4.74 Å². The Hall–Kier alpha value is -3.99. The number of unbranched alkanes of at least 4 members (excludes halogenated alkanes) is 2. The smallest absolute Gasteiger partial charge is 0.195 e. The second-order valence-electron chi connectivity index (χ2n) is 8.30. The molecule has 0 N–H and O–H groups in total. The van der Waals surface area contributed by atoms with Crippen molar-refractivity contribution in [1.29, 1.82) is 0 Å². The number of benzene rings is 4. The van der Waals surface area contributed by atoms with Crippen molar-refractivity contribution >= 4 is 10.8 Å². The van der Waals surface area contributed by atoms with Gasteiger partial charge in [-0.05, 0) is 47.7 Å². The summed E-state index contributed by atoms with van der Waals surface area (Å²) in [4.78, 5) is 0. The highest BCUT2D eigenvalue weighted by atomic mass is 19.2. The second kappa shape index (κ2) is 11.0. The third kappa shape index (κ3) is 5.56. The fraction of sp³-hybridized carbons (Fsp3) is 0.172. The van der Waals surface area contributed by atoms with E-state index in [2.05, 4.69) is 11.8 Å². The zero-order valence-electron chi connectivity index (χ0n) is 19.5. The van der Waals surface area contributed by atoms with E-state index < -0.39 is 51.8 Å². The van der Waals surface area contributed by atoms with Gasteiger partial charge in [-0.25, -0.2) is 30.7 Å². The number of fused-ring (bicyclic) bond motifs is 1. The molecule has 0 aliphatic heterocycles. The molecule has 0 heterocycles. The second-order valence-corrected chi connectivity index (χ2v) is 8.30.